The minimum absolute atomic E-state index is 0. The van der Waals surface area contributed by atoms with Crippen molar-refractivity contribution in [2.24, 2.45) is 0 Å². The summed E-state index contributed by atoms with van der Waals surface area (Å²) < 4.78 is 4.68. The fraction of sp³-hybridized carbons (Fsp3) is 0.500. The molecule has 0 unspecified atom stereocenters. The normalized spacial score (nSPS) is 14.4. The monoisotopic (exact) mass is 274 g/mol. The van der Waals surface area contributed by atoms with Crippen molar-refractivity contribution in [3.8, 4) is 0 Å². The summed E-state index contributed by atoms with van der Waals surface area (Å²) in [4.78, 5) is 11.2. The van der Waals surface area contributed by atoms with E-state index in [1.807, 2.05) is 0 Å². The van der Waals surface area contributed by atoms with Crippen LogP contribution in [0.1, 0.15) is 26.7 Å². The van der Waals surface area contributed by atoms with Gasteiger partial charge in [0.25, 0.3) is 0 Å². The zero-order valence-corrected chi connectivity index (χ0v) is 16.5. The summed E-state index contributed by atoms with van der Waals surface area (Å²) in [5.74, 6) is -1.88. The fourth-order valence-electron chi connectivity index (χ4n) is 1.34. The first-order chi connectivity index (χ1) is 6.61. The molecule has 0 aromatic rings. The molecule has 0 bridgehead atoms. The van der Waals surface area contributed by atoms with Gasteiger partial charge in [0.15, 0.2) is 0 Å². The van der Waals surface area contributed by atoms with Crippen LogP contribution in [0, 0.1) is 0 Å². The first-order valence-corrected chi connectivity index (χ1v) is 4.58. The maximum absolute atomic E-state index is 11.3. The molecule has 0 saturated heterocycles. The number of carbonyl (C=O) groups is 1. The van der Waals surface area contributed by atoms with Gasteiger partial charge in [-0.3, -0.25) is 0 Å². The van der Waals surface area contributed by atoms with Crippen LogP contribution < -0.4 is 113 Å². The molecule has 0 fully saturated rings. The van der Waals surface area contributed by atoms with Crippen molar-refractivity contribution in [2.75, 3.05) is 6.61 Å². The molecule has 0 aromatic heterocycles. The van der Waals surface area contributed by atoms with E-state index in [0.29, 0.717) is 12.0 Å². The minimum atomic E-state index is -0.694. The van der Waals surface area contributed by atoms with Crippen molar-refractivity contribution >= 4 is 5.97 Å². The minimum Gasteiger partial charge on any atom is -0.873 e. The van der Waals surface area contributed by atoms with Crippen molar-refractivity contribution in [3.05, 3.63) is 22.7 Å². The quantitative estimate of drug-likeness (QED) is 0.379. The third-order valence-electron chi connectivity index (χ3n) is 2.14. The third-order valence-corrected chi connectivity index (χ3v) is 2.14. The number of ether oxygens (including phenoxy) is 1. The molecule has 0 aromatic carbocycles. The fourth-order valence-corrected chi connectivity index (χ4v) is 1.34. The Bertz CT molecular complexity index is 321. The van der Waals surface area contributed by atoms with Crippen molar-refractivity contribution < 1.29 is 123 Å². The van der Waals surface area contributed by atoms with E-state index in [1.165, 1.54) is 0 Å². The topological polar surface area (TPSA) is 72.4 Å². The summed E-state index contributed by atoms with van der Waals surface area (Å²) in [5, 5.41) is 22.5. The number of allylic oxidation sites excluding steroid dienone is 1. The molecule has 0 radical (unpaired) electrons. The van der Waals surface area contributed by atoms with Crippen LogP contribution in [0.5, 0.6) is 0 Å². The van der Waals surface area contributed by atoms with Crippen LogP contribution in [0.2, 0.25) is 0 Å². The molecule has 0 amide bonds. The van der Waals surface area contributed by atoms with Gasteiger partial charge in [0.2, 0.25) is 0 Å². The van der Waals surface area contributed by atoms with Crippen LogP contribution >= 0.6 is 0 Å². The number of rotatable bonds is 3. The Balaban J connectivity index is 0. The van der Waals surface area contributed by atoms with Crippen LogP contribution in [0.15, 0.2) is 22.7 Å². The molecular weight excluding hydrogens is 262 g/mol. The van der Waals surface area contributed by atoms with Gasteiger partial charge in [-0.1, -0.05) is 12.5 Å². The van der Waals surface area contributed by atoms with Gasteiger partial charge >= 0.3 is 109 Å². The Morgan fingerprint density at radius 3 is 2.19 bits per heavy atom. The average molecular weight is 274 g/mol. The summed E-state index contributed by atoms with van der Waals surface area (Å²) in [6.07, 6.45) is 0.667. The molecule has 1 aliphatic carbocycles. The molecule has 0 atom stereocenters. The summed E-state index contributed by atoms with van der Waals surface area (Å²) in [6, 6.07) is 0. The Kier molecular flexibility index (Phi) is 12.2. The van der Waals surface area contributed by atoms with Crippen molar-refractivity contribution in [1.82, 2.24) is 0 Å². The van der Waals surface area contributed by atoms with E-state index < -0.39 is 17.5 Å². The first-order valence-electron chi connectivity index (χ1n) is 4.58. The Hall–Kier alpha value is 1.82. The van der Waals surface area contributed by atoms with Crippen molar-refractivity contribution in [1.29, 1.82) is 0 Å². The smallest absolute Gasteiger partial charge is 0.873 e. The van der Waals surface area contributed by atoms with Crippen LogP contribution in [0.3, 0.4) is 0 Å². The Morgan fingerprint density at radius 2 is 1.81 bits per heavy atom. The van der Waals surface area contributed by atoms with Gasteiger partial charge in [0.1, 0.15) is 0 Å². The predicted octanol–water partition coefficient (Wildman–Crippen LogP) is -6.40. The standard InChI is InChI=1S/C10H14O4.2K/c1-3-6-5-7(9(12)8(6)11)10(13)14-4-2;;/h11-12H,3-5H2,1-2H3;;/q;2*+1/p-2. The van der Waals surface area contributed by atoms with E-state index >= 15 is 0 Å². The molecule has 4 nitrogen and oxygen atoms in total. The van der Waals surface area contributed by atoms with Crippen LogP contribution in [-0.4, -0.2) is 12.6 Å². The summed E-state index contributed by atoms with van der Waals surface area (Å²) >= 11 is 0. The third kappa shape index (κ3) is 4.83. The number of hydrogen-bond donors (Lipinski definition) is 0. The number of esters is 1. The van der Waals surface area contributed by atoms with Crippen LogP contribution in [0.25, 0.3) is 0 Å². The number of hydrogen-bond acceptors (Lipinski definition) is 4. The second kappa shape index (κ2) is 9.71. The van der Waals surface area contributed by atoms with E-state index in [0.717, 1.165) is 0 Å². The molecule has 0 spiro atoms. The Morgan fingerprint density at radius 1 is 1.25 bits per heavy atom. The molecule has 6 heteroatoms. The summed E-state index contributed by atoms with van der Waals surface area (Å²) in [7, 11) is 0. The molecule has 0 heterocycles. The van der Waals surface area contributed by atoms with E-state index in [-0.39, 0.29) is 121 Å². The second-order valence-corrected chi connectivity index (χ2v) is 2.99. The van der Waals surface area contributed by atoms with Crippen LogP contribution in [0.4, 0.5) is 0 Å². The summed E-state index contributed by atoms with van der Waals surface area (Å²) in [5.41, 5.74) is 0.478. The molecule has 16 heavy (non-hydrogen) atoms. The molecular formula is C10H12K2O4. The zero-order valence-electron chi connectivity index (χ0n) is 10.3. The van der Waals surface area contributed by atoms with Gasteiger partial charge in [-0.15, -0.1) is 11.5 Å². The van der Waals surface area contributed by atoms with Gasteiger partial charge in [-0.2, -0.15) is 0 Å². The average Bonchev–Trinajstić information content (AvgIpc) is 2.44. The van der Waals surface area contributed by atoms with Gasteiger partial charge in [-0.25, -0.2) is 4.79 Å². The van der Waals surface area contributed by atoms with Gasteiger partial charge in [0.05, 0.1) is 6.61 Å². The molecule has 0 saturated carbocycles. The zero-order chi connectivity index (χ0) is 10.7. The molecule has 1 aliphatic rings. The maximum atomic E-state index is 11.3. The van der Waals surface area contributed by atoms with Crippen LogP contribution in [-0.2, 0) is 9.53 Å². The maximum Gasteiger partial charge on any atom is 1.00 e. The van der Waals surface area contributed by atoms with Crippen molar-refractivity contribution in [2.45, 2.75) is 26.7 Å². The number of carbonyl (C=O) groups excluding carboxylic acids is 1. The predicted molar refractivity (Wildman–Crippen MR) is 45.6 cm³/mol. The molecule has 0 aliphatic heterocycles. The van der Waals surface area contributed by atoms with Gasteiger partial charge in [0, 0.05) is 5.57 Å². The summed E-state index contributed by atoms with van der Waals surface area (Å²) in [6.45, 7) is 3.66. The van der Waals surface area contributed by atoms with Gasteiger partial charge < -0.3 is 14.9 Å². The van der Waals surface area contributed by atoms with Crippen molar-refractivity contribution in [3.63, 3.8) is 0 Å². The van der Waals surface area contributed by atoms with E-state index in [1.54, 1.807) is 13.8 Å². The molecule has 1 rings (SSSR count). The van der Waals surface area contributed by atoms with E-state index in [2.05, 4.69) is 4.74 Å². The van der Waals surface area contributed by atoms with E-state index in [4.69, 9.17) is 0 Å². The largest absolute Gasteiger partial charge is 1.00 e. The second-order valence-electron chi connectivity index (χ2n) is 2.99. The Labute approximate surface area is 180 Å². The van der Waals surface area contributed by atoms with E-state index in [9.17, 15) is 15.0 Å². The first kappa shape index (κ1) is 20.1. The molecule has 78 valence electrons. The van der Waals surface area contributed by atoms with Gasteiger partial charge in [-0.05, 0) is 19.8 Å². The SMILES string of the molecule is CCOC(=O)C1=C([O-])C([O-])=C(CC)C1.[K+].[K+]. The molecule has 0 N–H and O–H groups in total.